The number of rotatable bonds is 6. The summed E-state index contributed by atoms with van der Waals surface area (Å²) in [5, 5.41) is 24.9. The molecule has 0 aliphatic heterocycles. The molecule has 144 valence electrons. The van der Waals surface area contributed by atoms with Gasteiger partial charge in [-0.1, -0.05) is 28.6 Å². The molecule has 0 atom stereocenters. The number of carbonyl (C=O) groups is 2. The highest BCUT2D eigenvalue weighted by Crippen LogP contribution is 2.31. The fourth-order valence-electron chi connectivity index (χ4n) is 2.67. The molecule has 1 aromatic heterocycles. The summed E-state index contributed by atoms with van der Waals surface area (Å²) in [5.74, 6) is -1.72. The highest BCUT2D eigenvalue weighted by Gasteiger charge is 2.13. The molecule has 1 heterocycles. The Hall–Kier alpha value is -3.70. The third-order valence-corrected chi connectivity index (χ3v) is 4.54. The van der Waals surface area contributed by atoms with Crippen LogP contribution in [0.4, 0.5) is 17.1 Å². The average molecular weight is 451 g/mol. The van der Waals surface area contributed by atoms with Crippen molar-refractivity contribution in [1.82, 2.24) is 4.98 Å². The molecule has 0 radical (unpaired) electrons. The first-order chi connectivity index (χ1) is 13.9. The number of halogens is 1. The van der Waals surface area contributed by atoms with E-state index in [1.54, 1.807) is 18.2 Å². The molecular formula is C21H15BrN4O3. The minimum absolute atomic E-state index is 0.200. The van der Waals surface area contributed by atoms with E-state index in [1.807, 2.05) is 24.3 Å². The second-order valence-corrected chi connectivity index (χ2v) is 7.08. The molecule has 3 aromatic rings. The summed E-state index contributed by atoms with van der Waals surface area (Å²) in [6.07, 6.45) is 1.16. The summed E-state index contributed by atoms with van der Waals surface area (Å²) in [5.41, 5.74) is 2.57. The molecular weight excluding hydrogens is 436 g/mol. The van der Waals surface area contributed by atoms with Gasteiger partial charge in [0.25, 0.3) is 0 Å². The number of nitrogens with zero attached hydrogens (tertiary/aromatic N) is 2. The van der Waals surface area contributed by atoms with E-state index < -0.39 is 11.9 Å². The van der Waals surface area contributed by atoms with E-state index in [0.29, 0.717) is 27.8 Å². The third-order valence-electron chi connectivity index (χ3n) is 4.04. The summed E-state index contributed by atoms with van der Waals surface area (Å²) in [7, 11) is 0. The topological polar surface area (TPSA) is 115 Å². The molecule has 0 unspecified atom stereocenters. The number of nitrogens with one attached hydrogen (secondary N) is 2. The first-order valence-corrected chi connectivity index (χ1v) is 9.23. The molecule has 2 aromatic carbocycles. The minimum Gasteiger partial charge on any atom is -0.478 e. The van der Waals surface area contributed by atoms with Crippen LogP contribution in [-0.4, -0.2) is 22.0 Å². The Bertz CT molecular complexity index is 1180. The molecule has 3 rings (SSSR count). The third kappa shape index (κ3) is 4.78. The van der Waals surface area contributed by atoms with Crippen LogP contribution in [-0.2, 0) is 9.59 Å². The minimum atomic E-state index is -1.22. The van der Waals surface area contributed by atoms with Crippen molar-refractivity contribution in [2.24, 2.45) is 0 Å². The van der Waals surface area contributed by atoms with E-state index in [0.717, 1.165) is 10.2 Å². The molecule has 0 fully saturated rings. The molecule has 3 N–H and O–H groups in total. The highest BCUT2D eigenvalue weighted by molar-refractivity contribution is 9.10. The Kier molecular flexibility index (Phi) is 5.90. The Morgan fingerprint density at radius 1 is 1.21 bits per heavy atom. The standard InChI is InChI=1S/C21H15BrN4O3/c1-12(21(28)29)7-19(27)25-16-5-6-18-17(9-16)20(13(10-23)11-24-18)26-15-4-2-3-14(22)8-15/h2-6,8-9,11H,1,7H2,(H,24,26)(H,25,27)(H,28,29). The van der Waals surface area contributed by atoms with E-state index in [9.17, 15) is 14.9 Å². The van der Waals surface area contributed by atoms with Gasteiger partial charge >= 0.3 is 5.97 Å². The van der Waals surface area contributed by atoms with Gasteiger partial charge in [0.15, 0.2) is 0 Å². The zero-order valence-electron chi connectivity index (χ0n) is 15.1. The van der Waals surface area contributed by atoms with Crippen LogP contribution in [0.25, 0.3) is 10.9 Å². The van der Waals surface area contributed by atoms with Crippen LogP contribution in [0.15, 0.2) is 65.3 Å². The number of aliphatic carboxylic acids is 1. The molecule has 29 heavy (non-hydrogen) atoms. The second-order valence-electron chi connectivity index (χ2n) is 6.16. The number of pyridine rings is 1. The number of carbonyl (C=O) groups excluding carboxylic acids is 1. The fourth-order valence-corrected chi connectivity index (χ4v) is 3.07. The Balaban J connectivity index is 1.98. The SMILES string of the molecule is C=C(CC(=O)Nc1ccc2ncc(C#N)c(Nc3cccc(Br)c3)c2c1)C(=O)O. The van der Waals surface area contributed by atoms with Gasteiger partial charge in [-0.15, -0.1) is 0 Å². The first kappa shape index (κ1) is 20.0. The Morgan fingerprint density at radius 2 is 2.00 bits per heavy atom. The summed E-state index contributed by atoms with van der Waals surface area (Å²) in [6, 6.07) is 14.7. The van der Waals surface area contributed by atoms with Gasteiger partial charge in [0.05, 0.1) is 23.2 Å². The number of aromatic nitrogens is 1. The van der Waals surface area contributed by atoms with Gasteiger partial charge in [0.1, 0.15) is 6.07 Å². The predicted octanol–water partition coefficient (Wildman–Crippen LogP) is 4.58. The summed E-state index contributed by atoms with van der Waals surface area (Å²) in [4.78, 5) is 27.2. The summed E-state index contributed by atoms with van der Waals surface area (Å²) < 4.78 is 0.881. The number of benzene rings is 2. The Morgan fingerprint density at radius 3 is 2.69 bits per heavy atom. The quantitative estimate of drug-likeness (QED) is 0.473. The van der Waals surface area contributed by atoms with Gasteiger partial charge in [0.2, 0.25) is 5.91 Å². The van der Waals surface area contributed by atoms with Crippen molar-refractivity contribution in [3.63, 3.8) is 0 Å². The van der Waals surface area contributed by atoms with Crippen molar-refractivity contribution in [2.75, 3.05) is 10.6 Å². The highest BCUT2D eigenvalue weighted by atomic mass is 79.9. The van der Waals surface area contributed by atoms with E-state index in [-0.39, 0.29) is 12.0 Å². The smallest absolute Gasteiger partial charge is 0.331 e. The summed E-state index contributed by atoms with van der Waals surface area (Å²) in [6.45, 7) is 3.36. The van der Waals surface area contributed by atoms with Crippen LogP contribution >= 0.6 is 15.9 Å². The van der Waals surface area contributed by atoms with Crippen molar-refractivity contribution in [3.05, 3.63) is 70.8 Å². The van der Waals surface area contributed by atoms with E-state index in [1.165, 1.54) is 6.20 Å². The van der Waals surface area contributed by atoms with Crippen LogP contribution < -0.4 is 10.6 Å². The van der Waals surface area contributed by atoms with Crippen LogP contribution in [0.1, 0.15) is 12.0 Å². The van der Waals surface area contributed by atoms with Crippen LogP contribution in [0, 0.1) is 11.3 Å². The van der Waals surface area contributed by atoms with Crippen molar-refractivity contribution >= 4 is 55.8 Å². The van der Waals surface area contributed by atoms with Crippen molar-refractivity contribution in [2.45, 2.75) is 6.42 Å². The number of nitriles is 1. The van der Waals surface area contributed by atoms with Gasteiger partial charge in [-0.2, -0.15) is 5.26 Å². The van der Waals surface area contributed by atoms with Crippen molar-refractivity contribution in [3.8, 4) is 6.07 Å². The Labute approximate surface area is 174 Å². The molecule has 8 heteroatoms. The maximum Gasteiger partial charge on any atom is 0.331 e. The first-order valence-electron chi connectivity index (χ1n) is 8.43. The van der Waals surface area contributed by atoms with Crippen molar-refractivity contribution in [1.29, 1.82) is 5.26 Å². The lowest BCUT2D eigenvalue weighted by molar-refractivity contribution is -0.133. The number of carboxylic acid groups (broad SMARTS) is 1. The molecule has 7 nitrogen and oxygen atoms in total. The van der Waals surface area contributed by atoms with Gasteiger partial charge in [0, 0.05) is 33.0 Å². The summed E-state index contributed by atoms with van der Waals surface area (Å²) >= 11 is 3.42. The predicted molar refractivity (Wildman–Crippen MR) is 114 cm³/mol. The van der Waals surface area contributed by atoms with Crippen LogP contribution in [0.2, 0.25) is 0 Å². The molecule has 0 saturated heterocycles. The average Bonchev–Trinajstić information content (AvgIpc) is 2.68. The lowest BCUT2D eigenvalue weighted by atomic mass is 10.1. The maximum atomic E-state index is 12.1. The van der Waals surface area contributed by atoms with Gasteiger partial charge in [-0.3, -0.25) is 9.78 Å². The van der Waals surface area contributed by atoms with Crippen LogP contribution in [0.3, 0.4) is 0 Å². The van der Waals surface area contributed by atoms with Gasteiger partial charge in [-0.25, -0.2) is 4.79 Å². The number of anilines is 3. The molecule has 0 bridgehead atoms. The number of amides is 1. The molecule has 1 amide bonds. The van der Waals surface area contributed by atoms with Gasteiger partial charge in [-0.05, 0) is 36.4 Å². The molecule has 0 aliphatic carbocycles. The molecule has 0 saturated carbocycles. The lowest BCUT2D eigenvalue weighted by Gasteiger charge is -2.13. The van der Waals surface area contributed by atoms with Gasteiger partial charge < -0.3 is 15.7 Å². The second kappa shape index (κ2) is 8.54. The molecule has 0 aliphatic rings. The van der Waals surface area contributed by atoms with E-state index >= 15 is 0 Å². The monoisotopic (exact) mass is 450 g/mol. The maximum absolute atomic E-state index is 12.1. The zero-order chi connectivity index (χ0) is 21.0. The largest absolute Gasteiger partial charge is 0.478 e. The number of carboxylic acids is 1. The van der Waals surface area contributed by atoms with E-state index in [2.05, 4.69) is 44.2 Å². The van der Waals surface area contributed by atoms with E-state index in [4.69, 9.17) is 5.11 Å². The number of hydrogen-bond donors (Lipinski definition) is 3. The number of fused-ring (bicyclic) bond motifs is 1. The van der Waals surface area contributed by atoms with Crippen LogP contribution in [0.5, 0.6) is 0 Å². The zero-order valence-corrected chi connectivity index (χ0v) is 16.7. The fraction of sp³-hybridized carbons (Fsp3) is 0.0476. The number of hydrogen-bond acceptors (Lipinski definition) is 5. The molecule has 0 spiro atoms. The lowest BCUT2D eigenvalue weighted by Crippen LogP contribution is -2.14. The van der Waals surface area contributed by atoms with Crippen molar-refractivity contribution < 1.29 is 14.7 Å². The normalized spacial score (nSPS) is 10.2.